The van der Waals surface area contributed by atoms with Gasteiger partial charge in [-0.1, -0.05) is 12.1 Å². The molecule has 2 heterocycles. The lowest BCUT2D eigenvalue weighted by molar-refractivity contribution is -0.140. The zero-order chi connectivity index (χ0) is 23.3. The molecule has 0 spiro atoms. The molecule has 4 fully saturated rings. The summed E-state index contributed by atoms with van der Waals surface area (Å²) in [6.45, 7) is 3.97. The number of aromatic nitrogens is 2. The molecule has 0 unspecified atom stereocenters. The molecule has 1 aromatic heterocycles. The molecule has 0 radical (unpaired) electrons. The van der Waals surface area contributed by atoms with Crippen LogP contribution in [-0.2, 0) is 29.1 Å². The smallest absolute Gasteiger partial charge is 0.231 e. The van der Waals surface area contributed by atoms with E-state index in [1.807, 2.05) is 12.1 Å². The summed E-state index contributed by atoms with van der Waals surface area (Å²) in [6.07, 6.45) is 9.62. The van der Waals surface area contributed by atoms with Crippen molar-refractivity contribution in [1.82, 2.24) is 14.9 Å². The van der Waals surface area contributed by atoms with Crippen LogP contribution in [0.3, 0.4) is 0 Å². The largest absolute Gasteiger partial charge is 0.326 e. The first-order valence-corrected chi connectivity index (χ1v) is 12.7. The summed E-state index contributed by atoms with van der Waals surface area (Å²) < 4.78 is 0. The number of carbonyl (C=O) groups is 2. The number of nitrogens with zero attached hydrogens (tertiary/aromatic N) is 3. The average Bonchev–Trinajstić information content (AvgIpc) is 2.79. The predicted octanol–water partition coefficient (Wildman–Crippen LogP) is 4.15. The van der Waals surface area contributed by atoms with Gasteiger partial charge in [-0.15, -0.1) is 0 Å². The first kappa shape index (κ1) is 21.7. The van der Waals surface area contributed by atoms with Crippen molar-refractivity contribution < 1.29 is 9.59 Å². The van der Waals surface area contributed by atoms with E-state index >= 15 is 0 Å². The Balaban J connectivity index is 1.13. The Morgan fingerprint density at radius 3 is 2.32 bits per heavy atom. The molecule has 2 N–H and O–H groups in total. The number of benzene rings is 1. The van der Waals surface area contributed by atoms with E-state index < -0.39 is 0 Å². The molecule has 7 rings (SSSR count). The average molecular weight is 460 g/mol. The highest BCUT2D eigenvalue weighted by atomic mass is 16.2. The van der Waals surface area contributed by atoms with Gasteiger partial charge >= 0.3 is 0 Å². The summed E-state index contributed by atoms with van der Waals surface area (Å²) in [5.74, 6) is 3.11. The van der Waals surface area contributed by atoms with Crippen molar-refractivity contribution in [3.8, 4) is 0 Å². The van der Waals surface area contributed by atoms with Gasteiger partial charge in [0.25, 0.3) is 0 Å². The summed E-state index contributed by atoms with van der Waals surface area (Å²) >= 11 is 0. The minimum absolute atomic E-state index is 0.0637. The van der Waals surface area contributed by atoms with Crippen LogP contribution < -0.4 is 10.6 Å². The van der Waals surface area contributed by atoms with Crippen LogP contribution >= 0.6 is 0 Å². The highest BCUT2D eigenvalue weighted by molar-refractivity contribution is 5.95. The van der Waals surface area contributed by atoms with Gasteiger partial charge in [-0.25, -0.2) is 9.97 Å². The molecule has 7 nitrogen and oxygen atoms in total. The Hall–Kier alpha value is -2.80. The Labute approximate surface area is 200 Å². The van der Waals surface area contributed by atoms with E-state index in [2.05, 4.69) is 37.6 Å². The lowest BCUT2D eigenvalue weighted by Gasteiger charge is -2.55. The Morgan fingerprint density at radius 1 is 1.00 bits per heavy atom. The second-order valence-electron chi connectivity index (χ2n) is 11.1. The van der Waals surface area contributed by atoms with E-state index in [0.717, 1.165) is 85.8 Å². The third kappa shape index (κ3) is 4.11. The van der Waals surface area contributed by atoms with Crippen LogP contribution in [0, 0.1) is 23.2 Å². The number of hydrogen-bond donors (Lipinski definition) is 2. The number of nitrogens with one attached hydrogen (secondary N) is 2. The molecular formula is C27H33N5O2. The third-order valence-corrected chi connectivity index (χ3v) is 8.52. The van der Waals surface area contributed by atoms with E-state index in [0.29, 0.717) is 0 Å². The fraction of sp³-hybridized carbons (Fsp3) is 0.556. The molecule has 4 bridgehead atoms. The molecule has 34 heavy (non-hydrogen) atoms. The minimum atomic E-state index is -0.170. The molecule has 2 aromatic rings. The first-order valence-electron chi connectivity index (χ1n) is 12.7. The number of hydrogen-bond acceptors (Lipinski definition) is 5. The second kappa shape index (κ2) is 8.45. The molecule has 7 heteroatoms. The van der Waals surface area contributed by atoms with Crippen LogP contribution in [0.5, 0.6) is 0 Å². The van der Waals surface area contributed by atoms with Crippen molar-refractivity contribution in [2.45, 2.75) is 65.0 Å². The molecule has 4 saturated carbocycles. The van der Waals surface area contributed by atoms with Gasteiger partial charge in [-0.05, 0) is 80.4 Å². The summed E-state index contributed by atoms with van der Waals surface area (Å²) in [7, 11) is 0. The molecule has 1 aromatic carbocycles. The maximum Gasteiger partial charge on any atom is 0.231 e. The van der Waals surface area contributed by atoms with E-state index in [1.165, 1.54) is 31.7 Å². The van der Waals surface area contributed by atoms with Gasteiger partial charge < -0.3 is 10.6 Å². The summed E-state index contributed by atoms with van der Waals surface area (Å²) in [6, 6.07) is 7.99. The summed E-state index contributed by atoms with van der Waals surface area (Å²) in [5.41, 5.74) is 3.94. The van der Waals surface area contributed by atoms with Gasteiger partial charge in [0, 0.05) is 37.8 Å². The molecule has 4 aliphatic carbocycles. The van der Waals surface area contributed by atoms with Crippen molar-refractivity contribution >= 4 is 23.3 Å². The molecule has 1 aliphatic heterocycles. The van der Waals surface area contributed by atoms with Crippen molar-refractivity contribution in [2.75, 3.05) is 17.2 Å². The standard InChI is InChI=1S/C27H33N5O2/c1-17(33)30-22-4-2-18(3-5-22)14-32-7-6-23-24(15-32)28-16-29-25(23)31-26(34)27-11-19-8-20(12-27)10-21(9-19)13-27/h2-5,16,19-21H,6-15H2,1H3,(H,30,33)(H,28,29,31,34). The monoisotopic (exact) mass is 459 g/mol. The number of fused-ring (bicyclic) bond motifs is 1. The van der Waals surface area contributed by atoms with Crippen molar-refractivity contribution in [3.05, 3.63) is 47.4 Å². The Kier molecular flexibility index (Phi) is 5.40. The number of carbonyl (C=O) groups excluding carboxylic acids is 2. The van der Waals surface area contributed by atoms with Crippen molar-refractivity contribution in [1.29, 1.82) is 0 Å². The molecule has 2 amide bonds. The molecule has 0 saturated heterocycles. The van der Waals surface area contributed by atoms with Crippen molar-refractivity contribution in [3.63, 3.8) is 0 Å². The van der Waals surface area contributed by atoms with Crippen LogP contribution in [0.2, 0.25) is 0 Å². The van der Waals surface area contributed by atoms with Crippen LogP contribution in [-0.4, -0.2) is 33.2 Å². The summed E-state index contributed by atoms with van der Waals surface area (Å²) in [5, 5.41) is 6.08. The van der Waals surface area contributed by atoms with Crippen LogP contribution in [0.1, 0.15) is 62.3 Å². The van der Waals surface area contributed by atoms with Crippen LogP contribution in [0.4, 0.5) is 11.5 Å². The predicted molar refractivity (Wildman–Crippen MR) is 130 cm³/mol. The SMILES string of the molecule is CC(=O)Nc1ccc(CN2CCc3c(ncnc3NC(=O)C34CC5CC(CC(C5)C3)C4)C2)cc1. The Bertz CT molecular complexity index is 1080. The zero-order valence-corrected chi connectivity index (χ0v) is 19.8. The highest BCUT2D eigenvalue weighted by Crippen LogP contribution is 2.60. The summed E-state index contributed by atoms with van der Waals surface area (Å²) in [4.78, 5) is 36.2. The molecule has 0 atom stereocenters. The molecule has 5 aliphatic rings. The zero-order valence-electron chi connectivity index (χ0n) is 19.8. The second-order valence-corrected chi connectivity index (χ2v) is 11.1. The van der Waals surface area contributed by atoms with Crippen molar-refractivity contribution in [2.24, 2.45) is 23.2 Å². The number of amides is 2. The van der Waals surface area contributed by atoms with Crippen LogP contribution in [0.15, 0.2) is 30.6 Å². The topological polar surface area (TPSA) is 87.2 Å². The molecular weight excluding hydrogens is 426 g/mol. The van der Waals surface area contributed by atoms with Gasteiger partial charge in [0.1, 0.15) is 12.1 Å². The fourth-order valence-electron chi connectivity index (χ4n) is 7.44. The maximum absolute atomic E-state index is 13.5. The van der Waals surface area contributed by atoms with Gasteiger partial charge in [0.2, 0.25) is 11.8 Å². The first-order chi connectivity index (χ1) is 16.5. The number of rotatable bonds is 5. The van der Waals surface area contributed by atoms with E-state index in [9.17, 15) is 9.59 Å². The number of anilines is 2. The fourth-order valence-corrected chi connectivity index (χ4v) is 7.44. The quantitative estimate of drug-likeness (QED) is 0.702. The normalized spacial score (nSPS) is 29.5. The van der Waals surface area contributed by atoms with Gasteiger partial charge in [0.05, 0.1) is 11.1 Å². The van der Waals surface area contributed by atoms with Gasteiger partial charge in [-0.3, -0.25) is 14.5 Å². The lowest BCUT2D eigenvalue weighted by Crippen LogP contribution is -2.52. The molecule has 178 valence electrons. The van der Waals surface area contributed by atoms with Gasteiger partial charge in [-0.2, -0.15) is 0 Å². The van der Waals surface area contributed by atoms with E-state index in [-0.39, 0.29) is 17.2 Å². The highest BCUT2D eigenvalue weighted by Gasteiger charge is 2.54. The maximum atomic E-state index is 13.5. The minimum Gasteiger partial charge on any atom is -0.326 e. The lowest BCUT2D eigenvalue weighted by atomic mass is 9.49. The Morgan fingerprint density at radius 2 is 1.68 bits per heavy atom. The van der Waals surface area contributed by atoms with Gasteiger partial charge in [0.15, 0.2) is 0 Å². The third-order valence-electron chi connectivity index (χ3n) is 8.52. The van der Waals surface area contributed by atoms with Crippen LogP contribution in [0.25, 0.3) is 0 Å². The van der Waals surface area contributed by atoms with E-state index in [4.69, 9.17) is 0 Å². The van der Waals surface area contributed by atoms with E-state index in [1.54, 1.807) is 6.33 Å².